The van der Waals surface area contributed by atoms with Crippen LogP contribution in [0, 0.1) is 6.92 Å². The first-order chi connectivity index (χ1) is 9.27. The highest BCUT2D eigenvalue weighted by atomic mass is 16.4. The van der Waals surface area contributed by atoms with Gasteiger partial charge in [-0.1, -0.05) is 60.7 Å². The van der Waals surface area contributed by atoms with Gasteiger partial charge in [0, 0.05) is 16.7 Å². The topological polar surface area (TPSA) is 39.2 Å². The van der Waals surface area contributed by atoms with Crippen molar-refractivity contribution in [1.29, 1.82) is 0 Å². The minimum absolute atomic E-state index is 0.484. The van der Waals surface area contributed by atoms with Gasteiger partial charge in [-0.05, 0) is 12.5 Å². The fourth-order valence-electron chi connectivity index (χ4n) is 2.28. The first-order valence-corrected chi connectivity index (χ1v) is 6.27. The fraction of sp³-hybridized carbons (Fsp3) is 0.0588. The van der Waals surface area contributed by atoms with Crippen LogP contribution in [0.1, 0.15) is 5.56 Å². The molecule has 2 heteroatoms. The number of benzene rings is 2. The van der Waals surface area contributed by atoms with Gasteiger partial charge in [0.05, 0.1) is 0 Å². The second kappa shape index (κ2) is 4.65. The minimum Gasteiger partial charge on any atom is -0.440 e. The van der Waals surface area contributed by atoms with Crippen molar-refractivity contribution in [3.05, 3.63) is 66.2 Å². The van der Waals surface area contributed by atoms with Gasteiger partial charge in [0.1, 0.15) is 5.76 Å². The molecule has 94 valence electrons. The quantitative estimate of drug-likeness (QED) is 0.726. The minimum atomic E-state index is 0.484. The highest BCUT2D eigenvalue weighted by Crippen LogP contribution is 2.39. The lowest BCUT2D eigenvalue weighted by Gasteiger charge is -2.04. The standard InChI is InChI=1S/C17H15NO/c1-12-15(13-8-4-2-5-9-13)16(19-17(12)18)14-10-6-3-7-11-14/h2-11H,18H2,1H3. The van der Waals surface area contributed by atoms with E-state index in [1.54, 1.807) is 0 Å². The van der Waals surface area contributed by atoms with Crippen molar-refractivity contribution < 1.29 is 4.42 Å². The van der Waals surface area contributed by atoms with E-state index in [4.69, 9.17) is 10.2 Å². The molecule has 0 aliphatic carbocycles. The Morgan fingerprint density at radius 3 is 1.89 bits per heavy atom. The van der Waals surface area contributed by atoms with Gasteiger partial charge in [-0.15, -0.1) is 0 Å². The fourth-order valence-corrected chi connectivity index (χ4v) is 2.28. The summed E-state index contributed by atoms with van der Waals surface area (Å²) < 4.78 is 5.76. The first-order valence-electron chi connectivity index (χ1n) is 6.27. The highest BCUT2D eigenvalue weighted by molar-refractivity contribution is 5.85. The molecule has 0 radical (unpaired) electrons. The maximum Gasteiger partial charge on any atom is 0.194 e. The van der Waals surface area contributed by atoms with Gasteiger partial charge < -0.3 is 10.2 Å². The molecule has 0 unspecified atom stereocenters. The van der Waals surface area contributed by atoms with Crippen LogP contribution >= 0.6 is 0 Å². The Labute approximate surface area is 112 Å². The van der Waals surface area contributed by atoms with E-state index in [9.17, 15) is 0 Å². The van der Waals surface area contributed by atoms with Gasteiger partial charge in [0.2, 0.25) is 0 Å². The van der Waals surface area contributed by atoms with E-state index < -0.39 is 0 Å². The zero-order valence-electron chi connectivity index (χ0n) is 10.8. The summed E-state index contributed by atoms with van der Waals surface area (Å²) in [5, 5.41) is 0. The molecule has 0 spiro atoms. The van der Waals surface area contributed by atoms with Crippen molar-refractivity contribution in [2.75, 3.05) is 5.73 Å². The van der Waals surface area contributed by atoms with Crippen molar-refractivity contribution in [1.82, 2.24) is 0 Å². The third-order valence-corrected chi connectivity index (χ3v) is 3.28. The Kier molecular flexibility index (Phi) is 2.84. The normalized spacial score (nSPS) is 10.6. The lowest BCUT2D eigenvalue weighted by atomic mass is 9.99. The maximum atomic E-state index is 5.95. The zero-order valence-corrected chi connectivity index (χ0v) is 10.8. The molecule has 0 saturated heterocycles. The summed E-state index contributed by atoms with van der Waals surface area (Å²) in [5.74, 6) is 1.32. The average Bonchev–Trinajstić information content (AvgIpc) is 2.77. The third-order valence-electron chi connectivity index (χ3n) is 3.28. The van der Waals surface area contributed by atoms with Crippen molar-refractivity contribution in [2.24, 2.45) is 0 Å². The van der Waals surface area contributed by atoms with E-state index in [2.05, 4.69) is 12.1 Å². The van der Waals surface area contributed by atoms with Crippen LogP contribution < -0.4 is 5.73 Å². The molecular formula is C17H15NO. The van der Waals surface area contributed by atoms with Crippen LogP contribution in [0.3, 0.4) is 0 Å². The first kappa shape index (κ1) is 11.6. The predicted molar refractivity (Wildman–Crippen MR) is 78.7 cm³/mol. The Bertz CT molecular complexity index is 684. The smallest absolute Gasteiger partial charge is 0.194 e. The SMILES string of the molecule is Cc1c(N)oc(-c2ccccc2)c1-c1ccccc1. The number of hydrogen-bond donors (Lipinski definition) is 1. The lowest BCUT2D eigenvalue weighted by molar-refractivity contribution is 0.602. The van der Waals surface area contributed by atoms with Gasteiger partial charge in [-0.3, -0.25) is 0 Å². The molecule has 3 rings (SSSR count). The summed E-state index contributed by atoms with van der Waals surface area (Å²) in [6, 6.07) is 20.2. The van der Waals surface area contributed by atoms with E-state index in [0.717, 1.165) is 28.0 Å². The Morgan fingerprint density at radius 2 is 1.32 bits per heavy atom. The molecule has 2 aromatic carbocycles. The number of rotatable bonds is 2. The van der Waals surface area contributed by atoms with Crippen LogP contribution in [0.4, 0.5) is 5.88 Å². The van der Waals surface area contributed by atoms with Crippen LogP contribution in [0.15, 0.2) is 65.1 Å². The predicted octanol–water partition coefficient (Wildman–Crippen LogP) is 4.50. The summed E-state index contributed by atoms with van der Waals surface area (Å²) >= 11 is 0. The monoisotopic (exact) mass is 249 g/mol. The Hall–Kier alpha value is -2.48. The van der Waals surface area contributed by atoms with Gasteiger partial charge in [0.15, 0.2) is 5.88 Å². The van der Waals surface area contributed by atoms with Crippen LogP contribution in [0.25, 0.3) is 22.5 Å². The Balaban J connectivity index is 2.25. The molecular weight excluding hydrogens is 234 g/mol. The van der Waals surface area contributed by atoms with Gasteiger partial charge in [-0.25, -0.2) is 0 Å². The highest BCUT2D eigenvalue weighted by Gasteiger charge is 2.17. The second-order valence-electron chi connectivity index (χ2n) is 4.53. The third kappa shape index (κ3) is 2.02. The molecule has 3 aromatic rings. The van der Waals surface area contributed by atoms with Crippen molar-refractivity contribution in [3.63, 3.8) is 0 Å². The molecule has 0 aliphatic heterocycles. The summed E-state index contributed by atoms with van der Waals surface area (Å²) in [7, 11) is 0. The summed E-state index contributed by atoms with van der Waals surface area (Å²) in [6.45, 7) is 1.99. The average molecular weight is 249 g/mol. The molecule has 0 bridgehead atoms. The number of hydrogen-bond acceptors (Lipinski definition) is 2. The van der Waals surface area contributed by atoms with E-state index in [1.165, 1.54) is 0 Å². The summed E-state index contributed by atoms with van der Waals surface area (Å²) in [4.78, 5) is 0. The second-order valence-corrected chi connectivity index (χ2v) is 4.53. The molecule has 0 fully saturated rings. The van der Waals surface area contributed by atoms with Gasteiger partial charge in [-0.2, -0.15) is 0 Å². The van der Waals surface area contributed by atoms with Crippen molar-refractivity contribution in [3.8, 4) is 22.5 Å². The molecule has 2 nitrogen and oxygen atoms in total. The molecule has 1 aromatic heterocycles. The molecule has 2 N–H and O–H groups in total. The number of anilines is 1. The molecule has 0 saturated carbocycles. The number of furan rings is 1. The molecule has 0 amide bonds. The van der Waals surface area contributed by atoms with Crippen LogP contribution in [-0.2, 0) is 0 Å². The van der Waals surface area contributed by atoms with Crippen molar-refractivity contribution >= 4 is 5.88 Å². The van der Waals surface area contributed by atoms with E-state index in [1.807, 2.05) is 55.5 Å². The van der Waals surface area contributed by atoms with Gasteiger partial charge in [0.25, 0.3) is 0 Å². The molecule has 0 aliphatic rings. The van der Waals surface area contributed by atoms with E-state index in [0.29, 0.717) is 5.88 Å². The van der Waals surface area contributed by atoms with Crippen LogP contribution in [0.5, 0.6) is 0 Å². The Morgan fingerprint density at radius 1 is 0.789 bits per heavy atom. The van der Waals surface area contributed by atoms with E-state index >= 15 is 0 Å². The largest absolute Gasteiger partial charge is 0.440 e. The maximum absolute atomic E-state index is 5.95. The van der Waals surface area contributed by atoms with Gasteiger partial charge >= 0.3 is 0 Å². The number of nitrogens with two attached hydrogens (primary N) is 1. The number of nitrogen functional groups attached to an aromatic ring is 1. The van der Waals surface area contributed by atoms with Crippen LogP contribution in [-0.4, -0.2) is 0 Å². The van der Waals surface area contributed by atoms with Crippen molar-refractivity contribution in [2.45, 2.75) is 6.92 Å². The van der Waals surface area contributed by atoms with Crippen LogP contribution in [0.2, 0.25) is 0 Å². The molecule has 1 heterocycles. The van der Waals surface area contributed by atoms with E-state index in [-0.39, 0.29) is 0 Å². The molecule has 19 heavy (non-hydrogen) atoms. The molecule has 0 atom stereocenters. The summed E-state index contributed by atoms with van der Waals surface area (Å²) in [5.41, 5.74) is 10.2. The lowest BCUT2D eigenvalue weighted by Crippen LogP contribution is -1.85. The summed E-state index contributed by atoms with van der Waals surface area (Å²) in [6.07, 6.45) is 0. The zero-order chi connectivity index (χ0) is 13.2.